The first-order valence-corrected chi connectivity index (χ1v) is 11.0. The second kappa shape index (κ2) is 12.4. The largest absolute Gasteiger partial charge is 0.497 e. The van der Waals surface area contributed by atoms with Crippen molar-refractivity contribution in [3.8, 4) is 5.75 Å². The summed E-state index contributed by atoms with van der Waals surface area (Å²) in [6.45, 7) is 6.40. The molecule has 3 N–H and O–H groups in total. The minimum atomic E-state index is -0.975. The molecule has 7 nitrogen and oxygen atoms in total. The number of aliphatic hydroxyl groups is 1. The van der Waals surface area contributed by atoms with Gasteiger partial charge in [0.25, 0.3) is 0 Å². The molecular formula is C24H33FN4O3. The van der Waals surface area contributed by atoms with Crippen molar-refractivity contribution in [1.29, 1.82) is 0 Å². The van der Waals surface area contributed by atoms with E-state index in [1.54, 1.807) is 25.3 Å². The van der Waals surface area contributed by atoms with E-state index in [2.05, 4.69) is 27.7 Å². The lowest BCUT2D eigenvalue weighted by molar-refractivity contribution is 0.0179. The van der Waals surface area contributed by atoms with Crippen molar-refractivity contribution in [1.82, 2.24) is 15.5 Å². The van der Waals surface area contributed by atoms with Crippen LogP contribution in [0.2, 0.25) is 0 Å². The van der Waals surface area contributed by atoms with Crippen LogP contribution in [0.3, 0.4) is 0 Å². The van der Waals surface area contributed by atoms with Gasteiger partial charge in [0.1, 0.15) is 11.6 Å². The number of hydrogen-bond donors (Lipinski definition) is 3. The van der Waals surface area contributed by atoms with Gasteiger partial charge >= 0.3 is 0 Å². The Kier molecular flexibility index (Phi) is 9.27. The van der Waals surface area contributed by atoms with Gasteiger partial charge in [0.2, 0.25) is 0 Å². The van der Waals surface area contributed by atoms with Crippen LogP contribution in [-0.4, -0.2) is 69.0 Å². The molecule has 0 amide bonds. The van der Waals surface area contributed by atoms with Crippen molar-refractivity contribution in [3.05, 3.63) is 65.5 Å². The summed E-state index contributed by atoms with van der Waals surface area (Å²) in [5, 5.41) is 16.7. The van der Waals surface area contributed by atoms with Gasteiger partial charge in [-0.15, -0.1) is 0 Å². The molecule has 0 spiro atoms. The van der Waals surface area contributed by atoms with E-state index in [-0.39, 0.29) is 18.2 Å². The molecule has 2 aromatic rings. The topological polar surface area (TPSA) is 78.4 Å². The number of guanidine groups is 1. The van der Waals surface area contributed by atoms with Crippen LogP contribution in [0.1, 0.15) is 30.2 Å². The van der Waals surface area contributed by atoms with Crippen molar-refractivity contribution in [2.75, 3.05) is 53.0 Å². The number of morpholine rings is 1. The van der Waals surface area contributed by atoms with Crippen LogP contribution >= 0.6 is 0 Å². The number of hydrogen-bond acceptors (Lipinski definition) is 5. The van der Waals surface area contributed by atoms with Crippen molar-refractivity contribution in [3.63, 3.8) is 0 Å². The number of aliphatic hydroxyl groups excluding tert-OH is 1. The van der Waals surface area contributed by atoms with Gasteiger partial charge in [0, 0.05) is 31.7 Å². The molecule has 1 fully saturated rings. The zero-order valence-electron chi connectivity index (χ0n) is 18.8. The highest BCUT2D eigenvalue weighted by Gasteiger charge is 2.23. The third-order valence-corrected chi connectivity index (χ3v) is 5.48. The number of rotatable bonds is 9. The quantitative estimate of drug-likeness (QED) is 0.408. The molecule has 0 bridgehead atoms. The molecule has 2 atom stereocenters. The number of benzene rings is 2. The summed E-state index contributed by atoms with van der Waals surface area (Å²) in [5.74, 6) is 0.973. The summed E-state index contributed by atoms with van der Waals surface area (Å²) < 4.78 is 24.8. The van der Waals surface area contributed by atoms with Crippen LogP contribution in [0.25, 0.3) is 0 Å². The minimum absolute atomic E-state index is 0.0803. The third kappa shape index (κ3) is 6.66. The summed E-state index contributed by atoms with van der Waals surface area (Å²) in [6.07, 6.45) is -0.975. The first kappa shape index (κ1) is 24.0. The number of nitrogens with one attached hydrogen (secondary N) is 2. The van der Waals surface area contributed by atoms with E-state index in [1.165, 1.54) is 6.07 Å². The second-order valence-electron chi connectivity index (χ2n) is 7.58. The van der Waals surface area contributed by atoms with Gasteiger partial charge in [-0.25, -0.2) is 4.39 Å². The molecule has 0 aliphatic carbocycles. The molecule has 0 radical (unpaired) electrons. The molecule has 2 aromatic carbocycles. The van der Waals surface area contributed by atoms with Gasteiger partial charge in [0.15, 0.2) is 5.96 Å². The molecule has 1 aliphatic heterocycles. The SMILES string of the molecule is CCNC(=NCC(c1ccc(OC)cc1)N1CCOCC1)NCC(O)c1ccccc1F. The number of methoxy groups -OCH3 is 1. The third-order valence-electron chi connectivity index (χ3n) is 5.48. The van der Waals surface area contributed by atoms with Crippen LogP contribution in [-0.2, 0) is 4.74 Å². The van der Waals surface area contributed by atoms with Gasteiger partial charge < -0.3 is 25.2 Å². The van der Waals surface area contributed by atoms with Crippen LogP contribution in [0.15, 0.2) is 53.5 Å². The van der Waals surface area contributed by atoms with E-state index >= 15 is 0 Å². The Labute approximate surface area is 189 Å². The predicted octanol–water partition coefficient (Wildman–Crippen LogP) is 2.50. The summed E-state index contributed by atoms with van der Waals surface area (Å²) in [5.41, 5.74) is 1.42. The zero-order valence-corrected chi connectivity index (χ0v) is 18.8. The highest BCUT2D eigenvalue weighted by atomic mass is 19.1. The Morgan fingerprint density at radius 3 is 2.53 bits per heavy atom. The highest BCUT2D eigenvalue weighted by molar-refractivity contribution is 5.79. The average Bonchev–Trinajstić information content (AvgIpc) is 2.83. The first-order valence-electron chi connectivity index (χ1n) is 11.0. The van der Waals surface area contributed by atoms with E-state index < -0.39 is 11.9 Å². The van der Waals surface area contributed by atoms with E-state index in [0.29, 0.717) is 32.3 Å². The Balaban J connectivity index is 1.71. The Hall–Kier alpha value is -2.68. The lowest BCUT2D eigenvalue weighted by atomic mass is 10.0. The summed E-state index contributed by atoms with van der Waals surface area (Å²) >= 11 is 0. The summed E-state index contributed by atoms with van der Waals surface area (Å²) in [7, 11) is 1.66. The van der Waals surface area contributed by atoms with Crippen molar-refractivity contribution in [2.24, 2.45) is 4.99 Å². The molecule has 0 aromatic heterocycles. The van der Waals surface area contributed by atoms with Crippen LogP contribution in [0.5, 0.6) is 5.75 Å². The molecule has 32 heavy (non-hydrogen) atoms. The van der Waals surface area contributed by atoms with Crippen molar-refractivity contribution < 1.29 is 19.0 Å². The fourth-order valence-corrected chi connectivity index (χ4v) is 3.72. The molecule has 3 rings (SSSR count). The van der Waals surface area contributed by atoms with Gasteiger partial charge in [-0.1, -0.05) is 30.3 Å². The lowest BCUT2D eigenvalue weighted by Crippen LogP contribution is -2.42. The molecule has 174 valence electrons. The maximum atomic E-state index is 14.0. The fraction of sp³-hybridized carbons (Fsp3) is 0.458. The first-order chi connectivity index (χ1) is 15.6. The fourth-order valence-electron chi connectivity index (χ4n) is 3.72. The van der Waals surface area contributed by atoms with Gasteiger partial charge in [0.05, 0.1) is 39.0 Å². The van der Waals surface area contributed by atoms with Gasteiger partial charge in [-0.05, 0) is 30.7 Å². The maximum Gasteiger partial charge on any atom is 0.191 e. The highest BCUT2D eigenvalue weighted by Crippen LogP contribution is 2.24. The monoisotopic (exact) mass is 444 g/mol. The molecular weight excluding hydrogens is 411 g/mol. The van der Waals surface area contributed by atoms with Crippen LogP contribution in [0, 0.1) is 5.82 Å². The molecule has 1 aliphatic rings. The Morgan fingerprint density at radius 1 is 1.16 bits per heavy atom. The number of nitrogens with zero attached hydrogens (tertiary/aromatic N) is 2. The van der Waals surface area contributed by atoms with E-state index in [4.69, 9.17) is 14.5 Å². The van der Waals surface area contributed by atoms with Crippen LogP contribution in [0.4, 0.5) is 4.39 Å². The summed E-state index contributed by atoms with van der Waals surface area (Å²) in [4.78, 5) is 7.14. The smallest absolute Gasteiger partial charge is 0.191 e. The normalized spacial score (nSPS) is 16.9. The van der Waals surface area contributed by atoms with Gasteiger partial charge in [-0.3, -0.25) is 9.89 Å². The standard InChI is InChI=1S/C24H33FN4O3/c1-3-26-24(28-17-23(30)20-6-4-5-7-21(20)25)27-16-22(29-12-14-32-15-13-29)18-8-10-19(31-2)11-9-18/h4-11,22-23,30H,3,12-17H2,1-2H3,(H2,26,27,28). The molecule has 0 saturated carbocycles. The molecule has 8 heteroatoms. The maximum absolute atomic E-state index is 14.0. The predicted molar refractivity (Wildman–Crippen MR) is 123 cm³/mol. The molecule has 1 saturated heterocycles. The number of ether oxygens (including phenoxy) is 2. The van der Waals surface area contributed by atoms with E-state index in [0.717, 1.165) is 24.4 Å². The van der Waals surface area contributed by atoms with Gasteiger partial charge in [-0.2, -0.15) is 0 Å². The molecule has 1 heterocycles. The van der Waals surface area contributed by atoms with E-state index in [1.807, 2.05) is 19.1 Å². The van der Waals surface area contributed by atoms with Crippen LogP contribution < -0.4 is 15.4 Å². The van der Waals surface area contributed by atoms with E-state index in [9.17, 15) is 9.50 Å². The summed E-state index contributed by atoms with van der Waals surface area (Å²) in [6, 6.07) is 14.4. The molecule has 2 unspecified atom stereocenters. The lowest BCUT2D eigenvalue weighted by Gasteiger charge is -2.34. The number of aliphatic imine (C=N–C) groups is 1. The van der Waals surface area contributed by atoms with Crippen molar-refractivity contribution in [2.45, 2.75) is 19.1 Å². The average molecular weight is 445 g/mol. The number of halogens is 1. The Bertz CT molecular complexity index is 857. The Morgan fingerprint density at radius 2 is 1.88 bits per heavy atom. The minimum Gasteiger partial charge on any atom is -0.497 e. The van der Waals surface area contributed by atoms with Crippen molar-refractivity contribution >= 4 is 5.96 Å². The zero-order chi connectivity index (χ0) is 22.8. The second-order valence-corrected chi connectivity index (χ2v) is 7.58.